The van der Waals surface area contributed by atoms with Gasteiger partial charge in [0.25, 0.3) is 11.8 Å². The van der Waals surface area contributed by atoms with E-state index in [1.807, 2.05) is 0 Å². The highest BCUT2D eigenvalue weighted by Crippen LogP contribution is 2.26. The highest BCUT2D eigenvalue weighted by Gasteiger charge is 2.36. The zero-order valence-corrected chi connectivity index (χ0v) is 18.2. The predicted molar refractivity (Wildman–Crippen MR) is 112 cm³/mol. The SMILES string of the molecule is CN(C)C(=O)[C@H](O)[C@@H](O)C(=O)N1CCCN(S(=O)(=O)c2cccc3cnccc23)CC1. The standard InChI is InChI=1S/C20H26N4O6S/c1-22(2)19(27)17(25)18(26)20(28)23-9-4-10-24(12-11-23)31(29,30)16-6-3-5-14-13-21-8-7-15(14)16/h3,5-8,13,17-18,25-26H,4,9-12H2,1-2H3/t17-,18-/m1/s1. The van der Waals surface area contributed by atoms with Gasteiger partial charge in [0, 0.05) is 63.4 Å². The number of sulfonamides is 1. The molecule has 1 aliphatic rings. The summed E-state index contributed by atoms with van der Waals surface area (Å²) in [5.41, 5.74) is 0. The Morgan fingerprint density at radius 3 is 2.52 bits per heavy atom. The van der Waals surface area contributed by atoms with E-state index in [9.17, 15) is 28.2 Å². The van der Waals surface area contributed by atoms with Gasteiger partial charge in [-0.2, -0.15) is 4.31 Å². The van der Waals surface area contributed by atoms with Crippen LogP contribution in [0.2, 0.25) is 0 Å². The molecule has 0 bridgehead atoms. The smallest absolute Gasteiger partial charge is 0.254 e. The molecule has 2 heterocycles. The maximum atomic E-state index is 13.3. The van der Waals surface area contributed by atoms with Crippen molar-refractivity contribution in [1.29, 1.82) is 0 Å². The number of aromatic nitrogens is 1. The van der Waals surface area contributed by atoms with Crippen LogP contribution in [-0.2, 0) is 19.6 Å². The van der Waals surface area contributed by atoms with Crippen LogP contribution in [0.3, 0.4) is 0 Å². The van der Waals surface area contributed by atoms with Gasteiger partial charge in [-0.15, -0.1) is 0 Å². The molecular formula is C20H26N4O6S. The van der Waals surface area contributed by atoms with Gasteiger partial charge < -0.3 is 20.0 Å². The molecule has 1 aromatic carbocycles. The lowest BCUT2D eigenvalue weighted by molar-refractivity contribution is -0.156. The normalized spacial score (nSPS) is 17.7. The Morgan fingerprint density at radius 1 is 1.06 bits per heavy atom. The molecule has 1 fully saturated rings. The summed E-state index contributed by atoms with van der Waals surface area (Å²) < 4.78 is 27.9. The van der Waals surface area contributed by atoms with E-state index in [-0.39, 0.29) is 31.1 Å². The Balaban J connectivity index is 1.76. The molecule has 2 amide bonds. The molecule has 2 N–H and O–H groups in total. The summed E-state index contributed by atoms with van der Waals surface area (Å²) in [4.78, 5) is 31.0. The highest BCUT2D eigenvalue weighted by molar-refractivity contribution is 7.89. The van der Waals surface area contributed by atoms with Crippen LogP contribution in [0.4, 0.5) is 0 Å². The molecule has 168 valence electrons. The maximum absolute atomic E-state index is 13.3. The second-order valence-corrected chi connectivity index (χ2v) is 9.46. The molecule has 0 unspecified atom stereocenters. The number of likely N-dealkylation sites (N-methyl/N-ethyl adjacent to an activating group) is 1. The molecule has 0 saturated carbocycles. The third-order valence-electron chi connectivity index (χ3n) is 5.27. The number of fused-ring (bicyclic) bond motifs is 1. The molecule has 31 heavy (non-hydrogen) atoms. The molecule has 2 aromatic rings. The fourth-order valence-electron chi connectivity index (χ4n) is 3.53. The lowest BCUT2D eigenvalue weighted by Gasteiger charge is -2.26. The molecule has 10 nitrogen and oxygen atoms in total. The second kappa shape index (κ2) is 9.27. The average molecular weight is 451 g/mol. The Labute approximate surface area is 180 Å². The van der Waals surface area contributed by atoms with Crippen molar-refractivity contribution in [3.8, 4) is 0 Å². The summed E-state index contributed by atoms with van der Waals surface area (Å²) in [7, 11) is -1.02. The van der Waals surface area contributed by atoms with Gasteiger partial charge in [0.1, 0.15) is 0 Å². The number of hydrogen-bond donors (Lipinski definition) is 2. The van der Waals surface area contributed by atoms with Crippen molar-refractivity contribution in [3.63, 3.8) is 0 Å². The summed E-state index contributed by atoms with van der Waals surface area (Å²) in [5, 5.41) is 21.4. The number of carbonyl (C=O) groups is 2. The number of benzene rings is 1. The molecule has 1 aliphatic heterocycles. The van der Waals surface area contributed by atoms with E-state index >= 15 is 0 Å². The zero-order valence-electron chi connectivity index (χ0n) is 17.4. The Morgan fingerprint density at radius 2 is 1.81 bits per heavy atom. The fourth-order valence-corrected chi connectivity index (χ4v) is 5.22. The van der Waals surface area contributed by atoms with E-state index in [0.717, 1.165) is 4.90 Å². The summed E-state index contributed by atoms with van der Waals surface area (Å²) in [6.07, 6.45) is -0.314. The number of aliphatic hydroxyl groups is 2. The van der Waals surface area contributed by atoms with E-state index in [0.29, 0.717) is 17.2 Å². The quantitative estimate of drug-likeness (QED) is 0.614. The van der Waals surface area contributed by atoms with E-state index < -0.39 is 34.0 Å². The number of amides is 2. The first-order valence-corrected chi connectivity index (χ1v) is 11.3. The summed E-state index contributed by atoms with van der Waals surface area (Å²) in [6.45, 7) is 0.456. The van der Waals surface area contributed by atoms with Crippen LogP contribution < -0.4 is 0 Å². The highest BCUT2D eigenvalue weighted by atomic mass is 32.2. The number of hydrogen-bond acceptors (Lipinski definition) is 7. The van der Waals surface area contributed by atoms with Gasteiger partial charge in [-0.05, 0) is 18.6 Å². The Hall–Kier alpha value is -2.60. The second-order valence-electron chi connectivity index (χ2n) is 7.56. The molecule has 0 aliphatic carbocycles. The van der Waals surface area contributed by atoms with Gasteiger partial charge >= 0.3 is 0 Å². The van der Waals surface area contributed by atoms with Crippen molar-refractivity contribution in [2.75, 3.05) is 40.3 Å². The van der Waals surface area contributed by atoms with Crippen molar-refractivity contribution >= 4 is 32.6 Å². The molecule has 0 spiro atoms. The molecular weight excluding hydrogens is 424 g/mol. The number of nitrogens with zero attached hydrogens (tertiary/aromatic N) is 4. The molecule has 3 rings (SSSR count). The van der Waals surface area contributed by atoms with Crippen LogP contribution in [0.5, 0.6) is 0 Å². The minimum atomic E-state index is -3.83. The van der Waals surface area contributed by atoms with Gasteiger partial charge in [0.15, 0.2) is 12.2 Å². The number of carbonyl (C=O) groups excluding carboxylic acids is 2. The van der Waals surface area contributed by atoms with Crippen molar-refractivity contribution in [2.45, 2.75) is 23.5 Å². The maximum Gasteiger partial charge on any atom is 0.254 e. The summed E-state index contributed by atoms with van der Waals surface area (Å²) in [6, 6.07) is 6.63. The summed E-state index contributed by atoms with van der Waals surface area (Å²) >= 11 is 0. The van der Waals surface area contributed by atoms with E-state index in [2.05, 4.69) is 4.98 Å². The van der Waals surface area contributed by atoms with Gasteiger partial charge in [-0.1, -0.05) is 12.1 Å². The molecule has 0 radical (unpaired) electrons. The number of aliphatic hydroxyl groups excluding tert-OH is 2. The van der Waals surface area contributed by atoms with Gasteiger partial charge in [-0.3, -0.25) is 14.6 Å². The molecule has 11 heteroatoms. The fraction of sp³-hybridized carbons (Fsp3) is 0.450. The lowest BCUT2D eigenvalue weighted by atomic mass is 10.1. The minimum Gasteiger partial charge on any atom is -0.380 e. The minimum absolute atomic E-state index is 0.0278. The summed E-state index contributed by atoms with van der Waals surface area (Å²) in [5.74, 6) is -1.59. The first-order valence-electron chi connectivity index (χ1n) is 9.83. The molecule has 2 atom stereocenters. The van der Waals surface area contributed by atoms with Gasteiger partial charge in [-0.25, -0.2) is 8.42 Å². The van der Waals surface area contributed by atoms with Crippen LogP contribution in [-0.4, -0.2) is 102 Å². The van der Waals surface area contributed by atoms with Crippen LogP contribution in [0.25, 0.3) is 10.8 Å². The third kappa shape index (κ3) is 4.69. The Kier molecular flexibility index (Phi) is 6.90. The van der Waals surface area contributed by atoms with Crippen molar-refractivity contribution < 1.29 is 28.2 Å². The Bertz CT molecular complexity index is 1070. The first-order chi connectivity index (χ1) is 14.6. The van der Waals surface area contributed by atoms with Crippen molar-refractivity contribution in [3.05, 3.63) is 36.7 Å². The first kappa shape index (κ1) is 23.1. The van der Waals surface area contributed by atoms with Crippen molar-refractivity contribution in [1.82, 2.24) is 19.1 Å². The topological polar surface area (TPSA) is 131 Å². The monoisotopic (exact) mass is 450 g/mol. The van der Waals surface area contributed by atoms with Crippen LogP contribution >= 0.6 is 0 Å². The number of rotatable bonds is 5. The van der Waals surface area contributed by atoms with Crippen LogP contribution in [0.15, 0.2) is 41.6 Å². The zero-order chi connectivity index (χ0) is 22.8. The van der Waals surface area contributed by atoms with Crippen LogP contribution in [0.1, 0.15) is 6.42 Å². The predicted octanol–water partition coefficient (Wildman–Crippen LogP) is -0.732. The van der Waals surface area contributed by atoms with Crippen molar-refractivity contribution in [2.24, 2.45) is 0 Å². The van der Waals surface area contributed by atoms with E-state index in [1.54, 1.807) is 30.5 Å². The third-order valence-corrected chi connectivity index (χ3v) is 7.23. The molecule has 1 saturated heterocycles. The molecule has 1 aromatic heterocycles. The number of pyridine rings is 1. The average Bonchev–Trinajstić information content (AvgIpc) is 3.03. The van der Waals surface area contributed by atoms with Crippen LogP contribution in [0, 0.1) is 0 Å². The van der Waals surface area contributed by atoms with Gasteiger partial charge in [0.05, 0.1) is 4.90 Å². The lowest BCUT2D eigenvalue weighted by Crippen LogP contribution is -2.51. The van der Waals surface area contributed by atoms with E-state index in [1.165, 1.54) is 29.5 Å². The van der Waals surface area contributed by atoms with Gasteiger partial charge in [0.2, 0.25) is 10.0 Å². The van der Waals surface area contributed by atoms with E-state index in [4.69, 9.17) is 0 Å². The largest absolute Gasteiger partial charge is 0.380 e.